The van der Waals surface area contributed by atoms with Gasteiger partial charge in [0.2, 0.25) is 0 Å². The molecule has 3 rings (SSSR count). The molecule has 4 heteroatoms. The van der Waals surface area contributed by atoms with Crippen LogP contribution in [0, 0.1) is 13.8 Å². The molecule has 106 valence electrons. The summed E-state index contributed by atoms with van der Waals surface area (Å²) in [6.07, 6.45) is 2.13. The summed E-state index contributed by atoms with van der Waals surface area (Å²) in [6, 6.07) is 10.7. The number of piperidine rings is 1. The molecular formula is C16H22N4. The number of aromatic nitrogens is 2. The molecule has 0 aliphatic carbocycles. The molecular weight excluding hydrogens is 248 g/mol. The second kappa shape index (κ2) is 5.29. The highest BCUT2D eigenvalue weighted by Gasteiger charge is 2.22. The van der Waals surface area contributed by atoms with Crippen LogP contribution in [0.4, 0.5) is 5.69 Å². The predicted octanol–water partition coefficient (Wildman–Crippen LogP) is 2.42. The molecule has 0 spiro atoms. The van der Waals surface area contributed by atoms with Gasteiger partial charge in [-0.2, -0.15) is 5.10 Å². The van der Waals surface area contributed by atoms with Crippen LogP contribution in [-0.2, 0) is 0 Å². The van der Waals surface area contributed by atoms with E-state index < -0.39 is 0 Å². The third-order valence-corrected chi connectivity index (χ3v) is 4.11. The average Bonchev–Trinajstić information content (AvgIpc) is 2.76. The Kier molecular flexibility index (Phi) is 3.49. The molecule has 0 bridgehead atoms. The van der Waals surface area contributed by atoms with E-state index in [2.05, 4.69) is 30.9 Å². The van der Waals surface area contributed by atoms with E-state index >= 15 is 0 Å². The summed E-state index contributed by atoms with van der Waals surface area (Å²) in [5.74, 6) is 0. The molecule has 1 aliphatic rings. The smallest absolute Gasteiger partial charge is 0.0834 e. The molecule has 1 fully saturated rings. The number of nitrogens with two attached hydrogens (primary N) is 1. The van der Waals surface area contributed by atoms with Gasteiger partial charge in [-0.1, -0.05) is 18.2 Å². The van der Waals surface area contributed by atoms with Gasteiger partial charge >= 0.3 is 0 Å². The number of para-hydroxylation sites is 1. The largest absolute Gasteiger partial charge is 0.368 e. The van der Waals surface area contributed by atoms with Crippen LogP contribution in [0.2, 0.25) is 0 Å². The summed E-state index contributed by atoms with van der Waals surface area (Å²) >= 11 is 0. The predicted molar refractivity (Wildman–Crippen MR) is 82.5 cm³/mol. The molecule has 1 aliphatic heterocycles. The van der Waals surface area contributed by atoms with Crippen molar-refractivity contribution in [3.05, 3.63) is 41.7 Å². The van der Waals surface area contributed by atoms with Gasteiger partial charge in [-0.05, 0) is 38.8 Å². The van der Waals surface area contributed by atoms with E-state index in [0.717, 1.165) is 37.3 Å². The van der Waals surface area contributed by atoms with Gasteiger partial charge in [-0.25, -0.2) is 4.68 Å². The third-order valence-electron chi connectivity index (χ3n) is 4.11. The summed E-state index contributed by atoms with van der Waals surface area (Å²) in [6.45, 7) is 6.31. The first kappa shape index (κ1) is 13.2. The Morgan fingerprint density at radius 3 is 2.40 bits per heavy atom. The summed E-state index contributed by atoms with van der Waals surface area (Å²) in [5.41, 5.74) is 10.7. The van der Waals surface area contributed by atoms with E-state index in [1.54, 1.807) is 0 Å². The Hall–Kier alpha value is -1.81. The quantitative estimate of drug-likeness (QED) is 0.911. The van der Waals surface area contributed by atoms with Crippen LogP contribution in [-0.4, -0.2) is 28.9 Å². The molecule has 2 N–H and O–H groups in total. The number of hydrogen-bond donors (Lipinski definition) is 1. The second-order valence-corrected chi connectivity index (χ2v) is 5.59. The normalized spacial score (nSPS) is 16.6. The van der Waals surface area contributed by atoms with Crippen molar-refractivity contribution in [2.75, 3.05) is 18.0 Å². The van der Waals surface area contributed by atoms with E-state index in [1.165, 1.54) is 11.4 Å². The third kappa shape index (κ3) is 2.31. The fourth-order valence-electron chi connectivity index (χ4n) is 3.04. The molecule has 1 aromatic heterocycles. The Bertz CT molecular complexity index is 580. The maximum atomic E-state index is 6.00. The van der Waals surface area contributed by atoms with Gasteiger partial charge < -0.3 is 10.6 Å². The molecule has 0 saturated carbocycles. The van der Waals surface area contributed by atoms with Gasteiger partial charge in [0.1, 0.15) is 0 Å². The van der Waals surface area contributed by atoms with Crippen LogP contribution >= 0.6 is 0 Å². The van der Waals surface area contributed by atoms with E-state index in [0.29, 0.717) is 6.04 Å². The van der Waals surface area contributed by atoms with Crippen molar-refractivity contribution in [3.63, 3.8) is 0 Å². The van der Waals surface area contributed by atoms with Crippen LogP contribution in [0.1, 0.15) is 24.2 Å². The zero-order chi connectivity index (χ0) is 14.1. The number of rotatable bonds is 2. The highest BCUT2D eigenvalue weighted by molar-refractivity contribution is 5.57. The molecule has 0 radical (unpaired) electrons. The monoisotopic (exact) mass is 270 g/mol. The van der Waals surface area contributed by atoms with E-state index in [9.17, 15) is 0 Å². The zero-order valence-corrected chi connectivity index (χ0v) is 12.2. The first-order chi connectivity index (χ1) is 9.66. The first-order valence-electron chi connectivity index (χ1n) is 7.29. The van der Waals surface area contributed by atoms with Gasteiger partial charge in [0, 0.05) is 19.1 Å². The molecule has 2 aromatic rings. The number of hydrogen-bond acceptors (Lipinski definition) is 3. The highest BCUT2D eigenvalue weighted by atomic mass is 15.3. The lowest BCUT2D eigenvalue weighted by Crippen LogP contribution is -2.40. The fraction of sp³-hybridized carbons (Fsp3) is 0.438. The van der Waals surface area contributed by atoms with Gasteiger partial charge in [-0.15, -0.1) is 0 Å². The number of aryl methyl sites for hydroxylation is 1. The lowest BCUT2D eigenvalue weighted by Gasteiger charge is -2.32. The summed E-state index contributed by atoms with van der Waals surface area (Å²) < 4.78 is 2.04. The minimum absolute atomic E-state index is 0.357. The topological polar surface area (TPSA) is 47.1 Å². The van der Waals surface area contributed by atoms with Crippen LogP contribution in [0.3, 0.4) is 0 Å². The Morgan fingerprint density at radius 2 is 1.75 bits per heavy atom. The van der Waals surface area contributed by atoms with Crippen molar-refractivity contribution in [2.45, 2.75) is 32.7 Å². The van der Waals surface area contributed by atoms with Crippen molar-refractivity contribution in [1.82, 2.24) is 9.78 Å². The summed E-state index contributed by atoms with van der Waals surface area (Å²) in [7, 11) is 0. The van der Waals surface area contributed by atoms with E-state index in [1.807, 2.05) is 22.9 Å². The number of benzene rings is 1. The van der Waals surface area contributed by atoms with Crippen molar-refractivity contribution < 1.29 is 0 Å². The van der Waals surface area contributed by atoms with Crippen molar-refractivity contribution >= 4 is 5.69 Å². The average molecular weight is 270 g/mol. The zero-order valence-electron chi connectivity index (χ0n) is 12.2. The summed E-state index contributed by atoms with van der Waals surface area (Å²) in [4.78, 5) is 2.43. The molecule has 2 heterocycles. The SMILES string of the molecule is Cc1nn(-c2ccccc2)c(C)c1N1CCC(N)CC1. The maximum Gasteiger partial charge on any atom is 0.0834 e. The van der Waals surface area contributed by atoms with Gasteiger partial charge in [0.25, 0.3) is 0 Å². The molecule has 0 atom stereocenters. The molecule has 4 nitrogen and oxygen atoms in total. The van der Waals surface area contributed by atoms with Crippen LogP contribution in [0.25, 0.3) is 5.69 Å². The molecule has 0 amide bonds. The standard InChI is InChI=1S/C16H22N4/c1-12-16(19-10-8-14(17)9-11-19)13(2)20(18-12)15-6-4-3-5-7-15/h3-7,14H,8-11,17H2,1-2H3. The van der Waals surface area contributed by atoms with Crippen LogP contribution in [0.5, 0.6) is 0 Å². The van der Waals surface area contributed by atoms with Crippen molar-refractivity contribution in [3.8, 4) is 5.69 Å². The Morgan fingerprint density at radius 1 is 1.10 bits per heavy atom. The minimum atomic E-state index is 0.357. The minimum Gasteiger partial charge on any atom is -0.368 e. The van der Waals surface area contributed by atoms with Crippen molar-refractivity contribution in [2.24, 2.45) is 5.73 Å². The maximum absolute atomic E-state index is 6.00. The Labute approximate surface area is 120 Å². The van der Waals surface area contributed by atoms with Crippen LogP contribution < -0.4 is 10.6 Å². The van der Waals surface area contributed by atoms with Gasteiger partial charge in [0.05, 0.1) is 22.8 Å². The highest BCUT2D eigenvalue weighted by Crippen LogP contribution is 2.28. The number of anilines is 1. The molecule has 1 saturated heterocycles. The second-order valence-electron chi connectivity index (χ2n) is 5.59. The fourth-order valence-corrected chi connectivity index (χ4v) is 3.04. The van der Waals surface area contributed by atoms with Crippen LogP contribution in [0.15, 0.2) is 30.3 Å². The van der Waals surface area contributed by atoms with E-state index in [4.69, 9.17) is 10.8 Å². The molecule has 20 heavy (non-hydrogen) atoms. The molecule has 1 aromatic carbocycles. The lowest BCUT2D eigenvalue weighted by molar-refractivity contribution is 0.500. The first-order valence-corrected chi connectivity index (χ1v) is 7.29. The van der Waals surface area contributed by atoms with Gasteiger partial charge in [-0.3, -0.25) is 0 Å². The molecule has 0 unspecified atom stereocenters. The van der Waals surface area contributed by atoms with E-state index in [-0.39, 0.29) is 0 Å². The summed E-state index contributed by atoms with van der Waals surface area (Å²) in [5, 5.41) is 4.72. The Balaban J connectivity index is 1.95. The van der Waals surface area contributed by atoms with Gasteiger partial charge in [0.15, 0.2) is 0 Å². The lowest BCUT2D eigenvalue weighted by atomic mass is 10.1. The van der Waals surface area contributed by atoms with Crippen molar-refractivity contribution in [1.29, 1.82) is 0 Å². The number of nitrogens with zero attached hydrogens (tertiary/aromatic N) is 3.